The van der Waals surface area contributed by atoms with Crippen molar-refractivity contribution >= 4 is 27.5 Å². The van der Waals surface area contributed by atoms with E-state index in [9.17, 15) is 20.0 Å². The minimum atomic E-state index is -1.07. The molecule has 1 atom stereocenters. The summed E-state index contributed by atoms with van der Waals surface area (Å²) in [6, 6.07) is 4.21. The van der Waals surface area contributed by atoms with Crippen molar-refractivity contribution in [1.82, 2.24) is 5.32 Å². The highest BCUT2D eigenvalue weighted by atomic mass is 79.9. The molecule has 0 fully saturated rings. The van der Waals surface area contributed by atoms with Crippen LogP contribution in [0, 0.1) is 16.0 Å². The second-order valence-corrected chi connectivity index (χ2v) is 6.03. The van der Waals surface area contributed by atoms with E-state index < -0.39 is 16.4 Å². The van der Waals surface area contributed by atoms with Gasteiger partial charge in [0.25, 0.3) is 11.6 Å². The number of rotatable bonds is 5. The number of hydrogen-bond acceptors (Lipinski definition) is 4. The number of carbonyl (C=O) groups excluding carboxylic acids is 1. The minimum absolute atomic E-state index is 0.0245. The monoisotopic (exact) mass is 344 g/mol. The summed E-state index contributed by atoms with van der Waals surface area (Å²) in [6.07, 6.45) is 0. The molecule has 0 aliphatic heterocycles. The van der Waals surface area contributed by atoms with Crippen LogP contribution in [-0.4, -0.2) is 28.1 Å². The van der Waals surface area contributed by atoms with Crippen molar-refractivity contribution < 1.29 is 14.8 Å². The Morgan fingerprint density at radius 2 is 2.15 bits per heavy atom. The van der Waals surface area contributed by atoms with E-state index in [1.54, 1.807) is 13.0 Å². The molecule has 20 heavy (non-hydrogen) atoms. The van der Waals surface area contributed by atoms with Gasteiger partial charge < -0.3 is 10.4 Å². The maximum atomic E-state index is 12.0. The Hall–Kier alpha value is -1.47. The Bertz CT molecular complexity index is 529. The summed E-state index contributed by atoms with van der Waals surface area (Å²) in [5.41, 5.74) is -1.38. The number of hydrogen-bond donors (Lipinski definition) is 2. The molecular formula is C13H17BrN2O4. The van der Waals surface area contributed by atoms with E-state index in [4.69, 9.17) is 0 Å². The Labute approximate surface area is 125 Å². The summed E-state index contributed by atoms with van der Waals surface area (Å²) in [5, 5.41) is 23.5. The molecule has 1 unspecified atom stereocenters. The first-order chi connectivity index (χ1) is 9.15. The maximum Gasteiger partial charge on any atom is 0.283 e. The van der Waals surface area contributed by atoms with Crippen LogP contribution >= 0.6 is 15.9 Å². The second kappa shape index (κ2) is 6.32. The first-order valence-corrected chi connectivity index (χ1v) is 6.89. The molecule has 7 heteroatoms. The van der Waals surface area contributed by atoms with E-state index in [0.717, 1.165) is 0 Å². The molecule has 0 aromatic heterocycles. The van der Waals surface area contributed by atoms with E-state index in [1.165, 1.54) is 12.1 Å². The zero-order chi connectivity index (χ0) is 15.5. The molecule has 0 saturated heterocycles. The highest BCUT2D eigenvalue weighted by Crippen LogP contribution is 2.23. The van der Waals surface area contributed by atoms with Gasteiger partial charge in [-0.15, -0.1) is 0 Å². The quantitative estimate of drug-likeness (QED) is 0.633. The molecular weight excluding hydrogens is 328 g/mol. The number of aliphatic hydroxyl groups is 1. The van der Waals surface area contributed by atoms with Crippen LogP contribution in [0.1, 0.15) is 31.1 Å². The number of nitro benzene ring substituents is 1. The van der Waals surface area contributed by atoms with Crippen molar-refractivity contribution in [2.45, 2.75) is 26.4 Å². The van der Waals surface area contributed by atoms with Crippen molar-refractivity contribution in [3.05, 3.63) is 38.3 Å². The van der Waals surface area contributed by atoms with Crippen LogP contribution < -0.4 is 5.32 Å². The smallest absolute Gasteiger partial charge is 0.283 e. The number of nitro groups is 1. The van der Waals surface area contributed by atoms with Gasteiger partial charge in [-0.3, -0.25) is 14.9 Å². The highest BCUT2D eigenvalue weighted by Gasteiger charge is 2.27. The lowest BCUT2D eigenvalue weighted by atomic mass is 9.92. The number of halogens is 1. The molecule has 1 aromatic rings. The molecule has 0 radical (unpaired) electrons. The third-order valence-corrected chi connectivity index (χ3v) is 3.74. The standard InChI is InChI=1S/C13H17BrN2O4/c1-8(2)13(3,18)7-15-12(17)10-5-4-9(14)6-11(10)16(19)20/h4-6,8,18H,7H2,1-3H3,(H,15,17). The number of nitrogens with one attached hydrogen (secondary N) is 1. The van der Waals surface area contributed by atoms with Crippen LogP contribution in [0.2, 0.25) is 0 Å². The van der Waals surface area contributed by atoms with Crippen LogP contribution in [0.15, 0.2) is 22.7 Å². The van der Waals surface area contributed by atoms with E-state index in [0.29, 0.717) is 4.47 Å². The summed E-state index contributed by atoms with van der Waals surface area (Å²) in [7, 11) is 0. The number of carbonyl (C=O) groups is 1. The van der Waals surface area contributed by atoms with Crippen LogP contribution in [0.3, 0.4) is 0 Å². The Morgan fingerprint density at radius 3 is 2.65 bits per heavy atom. The van der Waals surface area contributed by atoms with E-state index in [1.807, 2.05) is 13.8 Å². The number of benzene rings is 1. The molecule has 0 aliphatic rings. The van der Waals surface area contributed by atoms with Crippen LogP contribution in [0.4, 0.5) is 5.69 Å². The second-order valence-electron chi connectivity index (χ2n) is 5.11. The lowest BCUT2D eigenvalue weighted by molar-refractivity contribution is -0.385. The molecule has 0 aliphatic carbocycles. The van der Waals surface area contributed by atoms with E-state index >= 15 is 0 Å². The Balaban J connectivity index is 2.91. The zero-order valence-electron chi connectivity index (χ0n) is 11.5. The third kappa shape index (κ3) is 4.01. The summed E-state index contributed by atoms with van der Waals surface area (Å²) in [4.78, 5) is 22.3. The average molecular weight is 345 g/mol. The van der Waals surface area contributed by atoms with Crippen molar-refractivity contribution in [1.29, 1.82) is 0 Å². The zero-order valence-corrected chi connectivity index (χ0v) is 13.1. The van der Waals surface area contributed by atoms with Crippen molar-refractivity contribution in [2.75, 3.05) is 6.54 Å². The lowest BCUT2D eigenvalue weighted by Crippen LogP contribution is -2.44. The molecule has 1 aromatic carbocycles. The minimum Gasteiger partial charge on any atom is -0.388 e. The first kappa shape index (κ1) is 16.6. The first-order valence-electron chi connectivity index (χ1n) is 6.09. The normalized spacial score (nSPS) is 13.9. The molecule has 1 amide bonds. The summed E-state index contributed by atoms with van der Waals surface area (Å²) in [5.74, 6) is -0.632. The van der Waals surface area contributed by atoms with Crippen LogP contribution in [0.5, 0.6) is 0 Å². The molecule has 0 spiro atoms. The van der Waals surface area contributed by atoms with Gasteiger partial charge in [-0.1, -0.05) is 29.8 Å². The molecule has 1 rings (SSSR count). The predicted octanol–water partition coefficient (Wildman–Crippen LogP) is 2.49. The Kier molecular flexibility index (Phi) is 5.24. The molecule has 0 saturated carbocycles. The van der Waals surface area contributed by atoms with Crippen LogP contribution in [-0.2, 0) is 0 Å². The molecule has 0 bridgehead atoms. The highest BCUT2D eigenvalue weighted by molar-refractivity contribution is 9.10. The molecule has 6 nitrogen and oxygen atoms in total. The van der Waals surface area contributed by atoms with Gasteiger partial charge in [0.05, 0.1) is 10.5 Å². The van der Waals surface area contributed by atoms with Gasteiger partial charge in [-0.25, -0.2) is 0 Å². The van der Waals surface area contributed by atoms with Crippen LogP contribution in [0.25, 0.3) is 0 Å². The van der Waals surface area contributed by atoms with Gasteiger partial charge in [0.15, 0.2) is 0 Å². The van der Waals surface area contributed by atoms with Gasteiger partial charge in [-0.05, 0) is 25.0 Å². The Morgan fingerprint density at radius 1 is 1.55 bits per heavy atom. The van der Waals surface area contributed by atoms with Gasteiger partial charge in [0, 0.05) is 17.1 Å². The van der Waals surface area contributed by atoms with Gasteiger partial charge in [0.1, 0.15) is 5.56 Å². The topological polar surface area (TPSA) is 92.5 Å². The van der Waals surface area contributed by atoms with Crippen molar-refractivity contribution in [3.63, 3.8) is 0 Å². The summed E-state index contributed by atoms with van der Waals surface area (Å²) < 4.78 is 0.523. The third-order valence-electron chi connectivity index (χ3n) is 3.25. The van der Waals surface area contributed by atoms with Gasteiger partial charge >= 0.3 is 0 Å². The number of nitrogens with zero attached hydrogens (tertiary/aromatic N) is 1. The van der Waals surface area contributed by atoms with Gasteiger partial charge in [-0.2, -0.15) is 0 Å². The largest absolute Gasteiger partial charge is 0.388 e. The maximum absolute atomic E-state index is 12.0. The number of amides is 1. The van der Waals surface area contributed by atoms with E-state index in [-0.39, 0.29) is 23.7 Å². The SMILES string of the molecule is CC(C)C(C)(O)CNC(=O)c1ccc(Br)cc1[N+](=O)[O-]. The summed E-state index contributed by atoms with van der Waals surface area (Å²) >= 11 is 3.13. The molecule has 0 heterocycles. The fourth-order valence-corrected chi connectivity index (χ4v) is 1.76. The summed E-state index contributed by atoms with van der Waals surface area (Å²) in [6.45, 7) is 5.28. The van der Waals surface area contributed by atoms with Crippen molar-refractivity contribution in [2.24, 2.45) is 5.92 Å². The van der Waals surface area contributed by atoms with Gasteiger partial charge in [0.2, 0.25) is 0 Å². The molecule has 2 N–H and O–H groups in total. The fourth-order valence-electron chi connectivity index (χ4n) is 1.41. The lowest BCUT2D eigenvalue weighted by Gasteiger charge is -2.27. The fraction of sp³-hybridized carbons (Fsp3) is 0.462. The van der Waals surface area contributed by atoms with Crippen molar-refractivity contribution in [3.8, 4) is 0 Å². The predicted molar refractivity (Wildman–Crippen MR) is 78.6 cm³/mol. The molecule has 110 valence electrons. The van der Waals surface area contributed by atoms with E-state index in [2.05, 4.69) is 21.2 Å². The average Bonchev–Trinajstić information content (AvgIpc) is 2.35.